The van der Waals surface area contributed by atoms with Crippen molar-refractivity contribution in [3.63, 3.8) is 0 Å². The van der Waals surface area contributed by atoms with Crippen LogP contribution in [0.2, 0.25) is 0 Å². The van der Waals surface area contributed by atoms with E-state index in [1.165, 1.54) is 32.1 Å². The summed E-state index contributed by atoms with van der Waals surface area (Å²) in [4.78, 5) is 10.6. The Morgan fingerprint density at radius 1 is 1.42 bits per heavy atom. The highest BCUT2D eigenvalue weighted by Gasteiger charge is 2.20. The second kappa shape index (κ2) is 4.70. The number of carbonyl (C=O) groups is 1. The van der Waals surface area contributed by atoms with Crippen LogP contribution in [0.15, 0.2) is 0 Å². The van der Waals surface area contributed by atoms with Crippen molar-refractivity contribution in [3.8, 4) is 0 Å². The Bertz CT molecular complexity index is 155. The lowest BCUT2D eigenvalue weighted by Gasteiger charge is -2.27. The van der Waals surface area contributed by atoms with E-state index in [2.05, 4.69) is 5.32 Å². The molecule has 0 radical (unpaired) electrons. The molecule has 0 saturated heterocycles. The number of nitrogens with one attached hydrogen (secondary N) is 1. The van der Waals surface area contributed by atoms with Gasteiger partial charge in [-0.1, -0.05) is 19.3 Å². The van der Waals surface area contributed by atoms with Crippen LogP contribution in [0, 0.1) is 5.92 Å². The van der Waals surface area contributed by atoms with E-state index in [0.29, 0.717) is 5.92 Å². The summed E-state index contributed by atoms with van der Waals surface area (Å²) in [5.41, 5.74) is 0. The maximum absolute atomic E-state index is 10.6. The number of halogens is 1. The molecule has 1 saturated carbocycles. The number of carbonyl (C=O) groups excluding carboxylic acids is 1. The van der Waals surface area contributed by atoms with Gasteiger partial charge in [-0.2, -0.15) is 0 Å². The highest BCUT2D eigenvalue weighted by molar-refractivity contribution is 6.62. The number of hydrogen-bond acceptors (Lipinski definition) is 1. The molecule has 1 unspecified atom stereocenters. The molecule has 0 aromatic carbocycles. The van der Waals surface area contributed by atoms with Gasteiger partial charge in [0, 0.05) is 6.04 Å². The van der Waals surface area contributed by atoms with Crippen molar-refractivity contribution in [2.75, 3.05) is 0 Å². The van der Waals surface area contributed by atoms with Crippen LogP contribution in [-0.2, 0) is 0 Å². The zero-order valence-corrected chi connectivity index (χ0v) is 8.23. The Kier molecular flexibility index (Phi) is 3.86. The number of amides is 1. The molecule has 0 aromatic rings. The Labute approximate surface area is 78.7 Å². The van der Waals surface area contributed by atoms with Gasteiger partial charge in [-0.05, 0) is 37.3 Å². The van der Waals surface area contributed by atoms with Gasteiger partial charge < -0.3 is 5.32 Å². The zero-order valence-electron chi connectivity index (χ0n) is 7.48. The van der Waals surface area contributed by atoms with Crippen LogP contribution in [0.5, 0.6) is 0 Å². The number of rotatable bonds is 2. The minimum Gasteiger partial charge on any atom is -0.340 e. The molecule has 0 bridgehead atoms. The van der Waals surface area contributed by atoms with Gasteiger partial charge >= 0.3 is 5.37 Å². The fourth-order valence-corrected chi connectivity index (χ4v) is 2.10. The van der Waals surface area contributed by atoms with Crippen molar-refractivity contribution < 1.29 is 4.79 Å². The summed E-state index contributed by atoms with van der Waals surface area (Å²) >= 11 is 5.24. The average Bonchev–Trinajstić information content (AvgIpc) is 2.05. The summed E-state index contributed by atoms with van der Waals surface area (Å²) in [7, 11) is 0. The minimum absolute atomic E-state index is 0.246. The van der Waals surface area contributed by atoms with E-state index in [9.17, 15) is 4.79 Å². The molecule has 2 nitrogen and oxygen atoms in total. The van der Waals surface area contributed by atoms with Crippen LogP contribution >= 0.6 is 11.6 Å². The van der Waals surface area contributed by atoms with Crippen molar-refractivity contribution in [2.24, 2.45) is 5.92 Å². The molecule has 1 N–H and O–H groups in total. The van der Waals surface area contributed by atoms with Crippen LogP contribution < -0.4 is 5.32 Å². The summed E-state index contributed by atoms with van der Waals surface area (Å²) in [5, 5.41) is 2.32. The lowest BCUT2D eigenvalue weighted by Crippen LogP contribution is -2.36. The molecular formula is C9H16ClNO. The van der Waals surface area contributed by atoms with Gasteiger partial charge in [0.2, 0.25) is 0 Å². The van der Waals surface area contributed by atoms with Gasteiger partial charge in [-0.25, -0.2) is 0 Å². The van der Waals surface area contributed by atoms with Gasteiger partial charge in [-0.3, -0.25) is 4.79 Å². The van der Waals surface area contributed by atoms with Crippen LogP contribution in [0.3, 0.4) is 0 Å². The summed E-state index contributed by atoms with van der Waals surface area (Å²) in [5.74, 6) is 0.640. The minimum atomic E-state index is -0.423. The molecule has 0 heterocycles. The first-order valence-corrected chi connectivity index (χ1v) is 5.04. The molecule has 3 heteroatoms. The van der Waals surface area contributed by atoms with E-state index < -0.39 is 5.37 Å². The van der Waals surface area contributed by atoms with Crippen molar-refractivity contribution in [1.29, 1.82) is 0 Å². The maximum atomic E-state index is 10.6. The predicted molar refractivity (Wildman–Crippen MR) is 50.4 cm³/mol. The van der Waals surface area contributed by atoms with E-state index in [1.807, 2.05) is 6.92 Å². The fraction of sp³-hybridized carbons (Fsp3) is 0.889. The molecule has 12 heavy (non-hydrogen) atoms. The van der Waals surface area contributed by atoms with E-state index in [1.54, 1.807) is 0 Å². The third kappa shape index (κ3) is 3.02. The summed E-state index contributed by atoms with van der Waals surface area (Å²) in [6.07, 6.45) is 6.41. The molecule has 1 atom stereocenters. The van der Waals surface area contributed by atoms with Crippen molar-refractivity contribution >= 4 is 17.0 Å². The third-order valence-corrected chi connectivity index (χ3v) is 2.81. The smallest absolute Gasteiger partial charge is 0.314 e. The molecule has 0 spiro atoms. The zero-order chi connectivity index (χ0) is 8.97. The largest absolute Gasteiger partial charge is 0.340 e. The third-order valence-electron chi connectivity index (χ3n) is 2.70. The second-order valence-corrected chi connectivity index (χ2v) is 3.95. The lowest BCUT2D eigenvalue weighted by atomic mass is 9.85. The molecule has 0 aromatic heterocycles. The Balaban J connectivity index is 2.29. The normalized spacial score (nSPS) is 21.8. The van der Waals surface area contributed by atoms with Gasteiger partial charge in [0.15, 0.2) is 0 Å². The Morgan fingerprint density at radius 3 is 2.50 bits per heavy atom. The molecule has 1 aliphatic rings. The molecule has 1 fully saturated rings. The molecular weight excluding hydrogens is 174 g/mol. The van der Waals surface area contributed by atoms with Gasteiger partial charge in [0.1, 0.15) is 0 Å². The summed E-state index contributed by atoms with van der Waals surface area (Å²) < 4.78 is 0. The Morgan fingerprint density at radius 2 is 2.00 bits per heavy atom. The number of hydrogen-bond donors (Lipinski definition) is 1. The van der Waals surface area contributed by atoms with Gasteiger partial charge in [0.25, 0.3) is 0 Å². The van der Waals surface area contributed by atoms with Gasteiger partial charge in [-0.15, -0.1) is 0 Å². The average molecular weight is 190 g/mol. The van der Waals surface area contributed by atoms with E-state index in [-0.39, 0.29) is 6.04 Å². The van der Waals surface area contributed by atoms with Crippen LogP contribution in [-0.4, -0.2) is 11.4 Å². The summed E-state index contributed by atoms with van der Waals surface area (Å²) in [6, 6.07) is 0.246. The van der Waals surface area contributed by atoms with Crippen LogP contribution in [0.25, 0.3) is 0 Å². The highest BCUT2D eigenvalue weighted by atomic mass is 35.5. The standard InChI is InChI=1S/C9H16ClNO/c1-7(11-9(10)12)8-5-3-2-4-6-8/h7-8H,2-6H2,1H3,(H,11,12). The molecule has 1 rings (SSSR count). The van der Waals surface area contributed by atoms with Crippen molar-refractivity contribution in [3.05, 3.63) is 0 Å². The highest BCUT2D eigenvalue weighted by Crippen LogP contribution is 2.26. The van der Waals surface area contributed by atoms with Crippen molar-refractivity contribution in [2.45, 2.75) is 45.1 Å². The molecule has 1 aliphatic carbocycles. The molecule has 0 aliphatic heterocycles. The SMILES string of the molecule is CC(NC(=O)Cl)C1CCCCC1. The first-order valence-electron chi connectivity index (χ1n) is 4.66. The molecule has 70 valence electrons. The summed E-state index contributed by atoms with van der Waals surface area (Å²) in [6.45, 7) is 2.04. The first-order chi connectivity index (χ1) is 5.70. The first kappa shape index (κ1) is 9.85. The van der Waals surface area contributed by atoms with E-state index in [4.69, 9.17) is 11.6 Å². The maximum Gasteiger partial charge on any atom is 0.314 e. The lowest BCUT2D eigenvalue weighted by molar-refractivity contribution is 0.243. The second-order valence-electron chi connectivity index (χ2n) is 3.60. The van der Waals surface area contributed by atoms with E-state index >= 15 is 0 Å². The van der Waals surface area contributed by atoms with Crippen molar-refractivity contribution in [1.82, 2.24) is 5.32 Å². The Hall–Kier alpha value is -0.240. The van der Waals surface area contributed by atoms with Crippen LogP contribution in [0.1, 0.15) is 39.0 Å². The monoisotopic (exact) mass is 189 g/mol. The topological polar surface area (TPSA) is 29.1 Å². The molecule has 1 amide bonds. The van der Waals surface area contributed by atoms with Gasteiger partial charge in [0.05, 0.1) is 0 Å². The van der Waals surface area contributed by atoms with E-state index in [0.717, 1.165) is 0 Å². The quantitative estimate of drug-likeness (QED) is 0.525. The fourth-order valence-electron chi connectivity index (χ4n) is 1.93. The van der Waals surface area contributed by atoms with Crippen LogP contribution in [0.4, 0.5) is 4.79 Å². The predicted octanol–water partition coefficient (Wildman–Crippen LogP) is 2.90.